The second-order valence-corrected chi connectivity index (χ2v) is 8.93. The molecule has 1 fully saturated rings. The van der Waals surface area contributed by atoms with Crippen LogP contribution < -0.4 is 5.32 Å². The third-order valence-corrected chi connectivity index (χ3v) is 6.30. The van der Waals surface area contributed by atoms with E-state index in [1.54, 1.807) is 6.07 Å². The first-order chi connectivity index (χ1) is 13.8. The summed E-state index contributed by atoms with van der Waals surface area (Å²) in [6, 6.07) is 1.92. The van der Waals surface area contributed by atoms with Gasteiger partial charge in [0.15, 0.2) is 0 Å². The van der Waals surface area contributed by atoms with Crippen LogP contribution >= 0.6 is 0 Å². The quantitative estimate of drug-likeness (QED) is 0.387. The normalized spacial score (nSPS) is 21.6. The standard InChI is InChI=1S/C25H35NO3/c1-5-6-7-8-17-14-21(27)23(20-13-16(4)9-12-19(20)15(2)3)24(28)22(17)25(29)26-18-10-11-18/h13-14,18-20,27-28H,2,5-12H2,1,3-4H3,(H,26,29)/t19-,20+/m0/s1. The largest absolute Gasteiger partial charge is 0.507 e. The molecule has 2 aliphatic carbocycles. The first-order valence-electron chi connectivity index (χ1n) is 11.0. The average molecular weight is 398 g/mol. The molecule has 1 saturated carbocycles. The van der Waals surface area contributed by atoms with E-state index >= 15 is 0 Å². The highest BCUT2D eigenvalue weighted by atomic mass is 16.3. The molecule has 3 N–H and O–H groups in total. The lowest BCUT2D eigenvalue weighted by Crippen LogP contribution is -2.27. The van der Waals surface area contributed by atoms with Gasteiger partial charge < -0.3 is 15.5 Å². The van der Waals surface area contributed by atoms with Crippen molar-refractivity contribution < 1.29 is 15.0 Å². The summed E-state index contributed by atoms with van der Waals surface area (Å²) in [6.45, 7) is 10.4. The van der Waals surface area contributed by atoms with E-state index in [2.05, 4.69) is 31.8 Å². The number of phenolic OH excluding ortho intramolecular Hbond substituents is 2. The number of unbranched alkanes of at least 4 members (excludes halogenated alkanes) is 2. The van der Waals surface area contributed by atoms with Gasteiger partial charge in [-0.15, -0.1) is 0 Å². The summed E-state index contributed by atoms with van der Waals surface area (Å²) in [6.07, 6.45) is 9.75. The van der Waals surface area contributed by atoms with Crippen LogP contribution in [0.25, 0.3) is 0 Å². The van der Waals surface area contributed by atoms with Crippen LogP contribution in [0.5, 0.6) is 11.5 Å². The summed E-state index contributed by atoms with van der Waals surface area (Å²) in [5, 5.41) is 25.2. The minimum absolute atomic E-state index is 0.0585. The van der Waals surface area contributed by atoms with Crippen molar-refractivity contribution in [1.29, 1.82) is 0 Å². The highest BCUT2D eigenvalue weighted by molar-refractivity contribution is 5.99. The van der Waals surface area contributed by atoms with E-state index < -0.39 is 0 Å². The van der Waals surface area contributed by atoms with Gasteiger partial charge in [0.2, 0.25) is 0 Å². The van der Waals surface area contributed by atoms with Crippen molar-refractivity contribution in [2.45, 2.75) is 84.1 Å². The summed E-state index contributed by atoms with van der Waals surface area (Å²) < 4.78 is 0. The van der Waals surface area contributed by atoms with Gasteiger partial charge in [0.1, 0.15) is 11.5 Å². The van der Waals surface area contributed by atoms with Gasteiger partial charge in [-0.2, -0.15) is 0 Å². The second kappa shape index (κ2) is 9.06. The van der Waals surface area contributed by atoms with Gasteiger partial charge in [0.05, 0.1) is 5.56 Å². The molecule has 0 aromatic heterocycles. The minimum atomic E-state index is -0.221. The lowest BCUT2D eigenvalue weighted by atomic mass is 9.73. The zero-order valence-electron chi connectivity index (χ0n) is 18.1. The van der Waals surface area contributed by atoms with Gasteiger partial charge in [-0.05, 0) is 69.9 Å². The summed E-state index contributed by atoms with van der Waals surface area (Å²) in [7, 11) is 0. The molecule has 2 aliphatic rings. The zero-order valence-corrected chi connectivity index (χ0v) is 18.1. The van der Waals surface area contributed by atoms with Crippen molar-refractivity contribution in [3.05, 3.63) is 46.6 Å². The number of rotatable bonds is 8. The van der Waals surface area contributed by atoms with E-state index in [-0.39, 0.29) is 35.3 Å². The Kier molecular flexibility index (Phi) is 6.71. The molecule has 1 amide bonds. The zero-order chi connectivity index (χ0) is 21.1. The molecule has 2 atom stereocenters. The molecule has 4 heteroatoms. The third-order valence-electron chi connectivity index (χ3n) is 6.30. The Hall–Kier alpha value is -2.23. The van der Waals surface area contributed by atoms with Crippen LogP contribution in [-0.2, 0) is 6.42 Å². The molecule has 3 rings (SSSR count). The molecule has 0 bridgehead atoms. The Morgan fingerprint density at radius 1 is 1.24 bits per heavy atom. The van der Waals surface area contributed by atoms with Crippen molar-refractivity contribution in [2.75, 3.05) is 0 Å². The van der Waals surface area contributed by atoms with E-state index in [0.717, 1.165) is 56.1 Å². The molecule has 4 nitrogen and oxygen atoms in total. The van der Waals surface area contributed by atoms with Gasteiger partial charge in [-0.3, -0.25) is 4.79 Å². The fourth-order valence-corrected chi connectivity index (χ4v) is 4.46. The average Bonchev–Trinajstić information content (AvgIpc) is 3.45. The van der Waals surface area contributed by atoms with Crippen molar-refractivity contribution in [3.8, 4) is 11.5 Å². The third kappa shape index (κ3) is 4.85. The number of carbonyl (C=O) groups is 1. The fourth-order valence-electron chi connectivity index (χ4n) is 4.46. The molecule has 0 unspecified atom stereocenters. The number of aryl methyl sites for hydroxylation is 1. The molecule has 0 spiro atoms. The predicted molar refractivity (Wildman–Crippen MR) is 118 cm³/mol. The molecule has 0 heterocycles. The van der Waals surface area contributed by atoms with Crippen molar-refractivity contribution in [3.63, 3.8) is 0 Å². The highest BCUT2D eigenvalue weighted by Crippen LogP contribution is 2.48. The molecule has 0 saturated heterocycles. The van der Waals surface area contributed by atoms with Gasteiger partial charge in [-0.1, -0.05) is 43.6 Å². The topological polar surface area (TPSA) is 69.6 Å². The number of carbonyl (C=O) groups excluding carboxylic acids is 1. The summed E-state index contributed by atoms with van der Waals surface area (Å²) in [5.41, 5.74) is 3.82. The van der Waals surface area contributed by atoms with Crippen LogP contribution in [0.2, 0.25) is 0 Å². The maximum Gasteiger partial charge on any atom is 0.255 e. The number of aromatic hydroxyl groups is 2. The van der Waals surface area contributed by atoms with E-state index in [1.807, 2.05) is 6.92 Å². The molecule has 0 radical (unpaired) electrons. The number of hydrogen-bond donors (Lipinski definition) is 3. The first kappa shape index (κ1) is 21.5. The number of amides is 1. The number of nitrogens with one attached hydrogen (secondary N) is 1. The van der Waals surface area contributed by atoms with Crippen LogP contribution in [0, 0.1) is 5.92 Å². The minimum Gasteiger partial charge on any atom is -0.507 e. The van der Waals surface area contributed by atoms with E-state index in [1.165, 1.54) is 5.57 Å². The summed E-state index contributed by atoms with van der Waals surface area (Å²) in [4.78, 5) is 13.0. The van der Waals surface area contributed by atoms with Crippen LogP contribution in [0.4, 0.5) is 0 Å². The Morgan fingerprint density at radius 3 is 2.59 bits per heavy atom. The molecule has 0 aliphatic heterocycles. The number of phenols is 2. The van der Waals surface area contributed by atoms with Gasteiger partial charge >= 0.3 is 0 Å². The Morgan fingerprint density at radius 2 is 1.97 bits per heavy atom. The smallest absolute Gasteiger partial charge is 0.255 e. The Balaban J connectivity index is 2.07. The molecule has 29 heavy (non-hydrogen) atoms. The summed E-state index contributed by atoms with van der Waals surface area (Å²) in [5.74, 6) is -0.226. The second-order valence-electron chi connectivity index (χ2n) is 8.93. The van der Waals surface area contributed by atoms with Crippen LogP contribution in [0.3, 0.4) is 0 Å². The molecular weight excluding hydrogens is 362 g/mol. The molecular formula is C25H35NO3. The lowest BCUT2D eigenvalue weighted by Gasteiger charge is -2.32. The van der Waals surface area contributed by atoms with Crippen LogP contribution in [0.1, 0.15) is 93.1 Å². The van der Waals surface area contributed by atoms with E-state index in [0.29, 0.717) is 17.5 Å². The van der Waals surface area contributed by atoms with E-state index in [4.69, 9.17) is 0 Å². The fraction of sp³-hybridized carbons (Fsp3) is 0.560. The first-order valence-corrected chi connectivity index (χ1v) is 11.0. The van der Waals surface area contributed by atoms with Crippen molar-refractivity contribution in [2.24, 2.45) is 5.92 Å². The predicted octanol–water partition coefficient (Wildman–Crippen LogP) is 5.74. The summed E-state index contributed by atoms with van der Waals surface area (Å²) >= 11 is 0. The maximum absolute atomic E-state index is 13.0. The molecule has 1 aromatic rings. The van der Waals surface area contributed by atoms with Crippen molar-refractivity contribution in [1.82, 2.24) is 5.32 Å². The highest BCUT2D eigenvalue weighted by Gasteiger charge is 2.34. The SMILES string of the molecule is C=C(C)[C@@H]1CCC(C)=C[C@H]1c1c(O)cc(CCCCC)c(C(=O)NC2CC2)c1O. The Labute approximate surface area is 174 Å². The van der Waals surface area contributed by atoms with Crippen LogP contribution in [0.15, 0.2) is 29.9 Å². The number of benzene rings is 1. The van der Waals surface area contributed by atoms with E-state index in [9.17, 15) is 15.0 Å². The Bertz CT molecular complexity index is 820. The van der Waals surface area contributed by atoms with Gasteiger partial charge in [-0.25, -0.2) is 0 Å². The maximum atomic E-state index is 13.0. The van der Waals surface area contributed by atoms with Gasteiger partial charge in [0, 0.05) is 17.5 Å². The number of allylic oxidation sites excluding steroid dienone is 3. The van der Waals surface area contributed by atoms with Crippen LogP contribution in [-0.4, -0.2) is 22.2 Å². The number of hydrogen-bond acceptors (Lipinski definition) is 3. The van der Waals surface area contributed by atoms with Gasteiger partial charge in [0.25, 0.3) is 5.91 Å². The molecule has 158 valence electrons. The lowest BCUT2D eigenvalue weighted by molar-refractivity contribution is 0.0947. The van der Waals surface area contributed by atoms with Crippen molar-refractivity contribution >= 4 is 5.91 Å². The monoisotopic (exact) mass is 397 g/mol. The molecule has 1 aromatic carbocycles.